The van der Waals surface area contributed by atoms with E-state index < -0.39 is 0 Å². The zero-order valence-electron chi connectivity index (χ0n) is 17.3. The van der Waals surface area contributed by atoms with Crippen molar-refractivity contribution < 1.29 is 19.1 Å². The molecule has 158 valence electrons. The van der Waals surface area contributed by atoms with Crippen LogP contribution in [-0.4, -0.2) is 31.7 Å². The predicted molar refractivity (Wildman–Crippen MR) is 120 cm³/mol. The SMILES string of the molecule is COc1cccc(C(=O)N/N=C/c2cccc(OCC(=O)Nc3ccccc3C)c2)c1. The summed E-state index contributed by atoms with van der Waals surface area (Å²) >= 11 is 0. The molecule has 0 radical (unpaired) electrons. The van der Waals surface area contributed by atoms with E-state index in [1.54, 1.807) is 42.5 Å². The van der Waals surface area contributed by atoms with Gasteiger partial charge in [-0.05, 0) is 54.4 Å². The number of carbonyl (C=O) groups excluding carboxylic acids is 2. The van der Waals surface area contributed by atoms with Crippen molar-refractivity contribution in [3.05, 3.63) is 89.5 Å². The molecule has 0 fully saturated rings. The number of hydrazone groups is 1. The minimum Gasteiger partial charge on any atom is -0.497 e. The summed E-state index contributed by atoms with van der Waals surface area (Å²) in [5, 5.41) is 6.79. The lowest BCUT2D eigenvalue weighted by Gasteiger charge is -2.09. The Hall–Kier alpha value is -4.13. The van der Waals surface area contributed by atoms with E-state index in [0.717, 1.165) is 11.3 Å². The smallest absolute Gasteiger partial charge is 0.271 e. The molecule has 3 aromatic rings. The van der Waals surface area contributed by atoms with Crippen LogP contribution in [0.2, 0.25) is 0 Å². The molecule has 0 spiro atoms. The zero-order chi connectivity index (χ0) is 22.1. The highest BCUT2D eigenvalue weighted by molar-refractivity contribution is 5.95. The number of benzene rings is 3. The van der Waals surface area contributed by atoms with Crippen molar-refractivity contribution in [3.63, 3.8) is 0 Å². The molecule has 0 aliphatic rings. The molecule has 0 saturated heterocycles. The van der Waals surface area contributed by atoms with Crippen molar-refractivity contribution in [2.75, 3.05) is 19.0 Å². The van der Waals surface area contributed by atoms with Crippen LogP contribution in [0.25, 0.3) is 0 Å². The van der Waals surface area contributed by atoms with Crippen LogP contribution in [-0.2, 0) is 4.79 Å². The van der Waals surface area contributed by atoms with Gasteiger partial charge in [-0.1, -0.05) is 36.4 Å². The molecule has 0 atom stereocenters. The quantitative estimate of drug-likeness (QED) is 0.431. The van der Waals surface area contributed by atoms with Crippen LogP contribution in [0.1, 0.15) is 21.5 Å². The van der Waals surface area contributed by atoms with E-state index in [0.29, 0.717) is 22.6 Å². The van der Waals surface area contributed by atoms with Crippen LogP contribution in [0.5, 0.6) is 11.5 Å². The van der Waals surface area contributed by atoms with E-state index in [1.807, 2.05) is 37.3 Å². The molecule has 2 N–H and O–H groups in total. The largest absolute Gasteiger partial charge is 0.497 e. The number of carbonyl (C=O) groups is 2. The molecule has 0 saturated carbocycles. The molecule has 31 heavy (non-hydrogen) atoms. The Morgan fingerprint density at radius 3 is 2.55 bits per heavy atom. The van der Waals surface area contributed by atoms with Gasteiger partial charge in [0.05, 0.1) is 13.3 Å². The van der Waals surface area contributed by atoms with Crippen molar-refractivity contribution in [1.29, 1.82) is 0 Å². The first-order valence-corrected chi connectivity index (χ1v) is 9.61. The third kappa shape index (κ3) is 6.43. The van der Waals surface area contributed by atoms with E-state index in [2.05, 4.69) is 15.8 Å². The van der Waals surface area contributed by atoms with Crippen LogP contribution in [0, 0.1) is 6.92 Å². The first kappa shape index (κ1) is 21.6. The maximum absolute atomic E-state index is 12.2. The lowest BCUT2D eigenvalue weighted by Crippen LogP contribution is -2.20. The third-order valence-corrected chi connectivity index (χ3v) is 4.36. The highest BCUT2D eigenvalue weighted by atomic mass is 16.5. The average Bonchev–Trinajstić information content (AvgIpc) is 2.79. The maximum atomic E-state index is 12.2. The number of aryl methyl sites for hydroxylation is 1. The molecule has 7 nitrogen and oxygen atoms in total. The topological polar surface area (TPSA) is 89.0 Å². The van der Waals surface area contributed by atoms with E-state index in [4.69, 9.17) is 9.47 Å². The number of methoxy groups -OCH3 is 1. The van der Waals surface area contributed by atoms with E-state index in [1.165, 1.54) is 13.3 Å². The number of rotatable bonds is 8. The van der Waals surface area contributed by atoms with E-state index in [9.17, 15) is 9.59 Å². The summed E-state index contributed by atoms with van der Waals surface area (Å²) in [5.74, 6) is 0.505. The molecular formula is C24H23N3O4. The second-order valence-electron chi connectivity index (χ2n) is 6.66. The lowest BCUT2D eigenvalue weighted by atomic mass is 10.2. The van der Waals surface area contributed by atoms with Gasteiger partial charge in [0.1, 0.15) is 11.5 Å². The summed E-state index contributed by atoms with van der Waals surface area (Å²) in [7, 11) is 1.54. The molecular weight excluding hydrogens is 394 g/mol. The van der Waals surface area contributed by atoms with Crippen molar-refractivity contribution >= 4 is 23.7 Å². The number of nitrogens with one attached hydrogen (secondary N) is 2. The fourth-order valence-corrected chi connectivity index (χ4v) is 2.73. The van der Waals surface area contributed by atoms with E-state index in [-0.39, 0.29) is 18.4 Å². The lowest BCUT2D eigenvalue weighted by molar-refractivity contribution is -0.118. The molecule has 0 aromatic heterocycles. The molecule has 3 aromatic carbocycles. The molecule has 2 amide bonds. The monoisotopic (exact) mass is 417 g/mol. The summed E-state index contributed by atoms with van der Waals surface area (Å²) < 4.78 is 10.7. The van der Waals surface area contributed by atoms with Gasteiger partial charge in [0, 0.05) is 11.3 Å². The number of hydrogen-bond donors (Lipinski definition) is 2. The Labute approximate surface area is 180 Å². The first-order chi connectivity index (χ1) is 15.0. The Bertz CT molecular complexity index is 1100. The number of para-hydroxylation sites is 1. The molecule has 0 bridgehead atoms. The number of anilines is 1. The molecule has 0 heterocycles. The Balaban J connectivity index is 1.53. The second kappa shape index (κ2) is 10.6. The van der Waals surface area contributed by atoms with Gasteiger partial charge in [-0.15, -0.1) is 0 Å². The minimum absolute atomic E-state index is 0.124. The van der Waals surface area contributed by atoms with Crippen LogP contribution < -0.4 is 20.2 Å². The number of hydrogen-bond acceptors (Lipinski definition) is 5. The van der Waals surface area contributed by atoms with E-state index >= 15 is 0 Å². The van der Waals surface area contributed by atoms with Gasteiger partial charge in [-0.3, -0.25) is 9.59 Å². The number of nitrogens with zero attached hydrogens (tertiary/aromatic N) is 1. The maximum Gasteiger partial charge on any atom is 0.271 e. The van der Waals surface area contributed by atoms with Gasteiger partial charge >= 0.3 is 0 Å². The Morgan fingerprint density at radius 1 is 0.968 bits per heavy atom. The molecule has 0 aliphatic heterocycles. The van der Waals surface area contributed by atoms with Crippen molar-refractivity contribution in [3.8, 4) is 11.5 Å². The van der Waals surface area contributed by atoms with Crippen molar-refractivity contribution in [2.45, 2.75) is 6.92 Å². The van der Waals surface area contributed by atoms with Gasteiger partial charge < -0.3 is 14.8 Å². The van der Waals surface area contributed by atoms with Crippen molar-refractivity contribution in [1.82, 2.24) is 5.43 Å². The number of ether oxygens (including phenoxy) is 2. The van der Waals surface area contributed by atoms with Crippen LogP contribution in [0.15, 0.2) is 77.9 Å². The van der Waals surface area contributed by atoms with Gasteiger partial charge in [-0.2, -0.15) is 5.10 Å². The average molecular weight is 417 g/mol. The zero-order valence-corrected chi connectivity index (χ0v) is 17.3. The summed E-state index contributed by atoms with van der Waals surface area (Å²) in [6, 6.07) is 21.4. The number of amides is 2. The van der Waals surface area contributed by atoms with Gasteiger partial charge in [0.15, 0.2) is 6.61 Å². The first-order valence-electron chi connectivity index (χ1n) is 9.61. The third-order valence-electron chi connectivity index (χ3n) is 4.36. The van der Waals surface area contributed by atoms with Crippen molar-refractivity contribution in [2.24, 2.45) is 5.10 Å². The fraction of sp³-hybridized carbons (Fsp3) is 0.125. The highest BCUT2D eigenvalue weighted by Crippen LogP contribution is 2.15. The van der Waals surface area contributed by atoms with Crippen LogP contribution in [0.4, 0.5) is 5.69 Å². The summed E-state index contributed by atoms with van der Waals surface area (Å²) in [6.07, 6.45) is 1.50. The second-order valence-corrected chi connectivity index (χ2v) is 6.66. The van der Waals surface area contributed by atoms with Crippen LogP contribution in [0.3, 0.4) is 0 Å². The molecule has 7 heteroatoms. The standard InChI is InChI=1S/C24H23N3O4/c1-17-7-3-4-12-22(17)26-23(28)16-31-21-11-5-8-18(13-21)15-25-27-24(29)19-9-6-10-20(14-19)30-2/h3-15H,16H2,1-2H3,(H,26,28)(H,27,29)/b25-15+. The van der Waals surface area contributed by atoms with Gasteiger partial charge in [0.25, 0.3) is 11.8 Å². The molecule has 3 rings (SSSR count). The normalized spacial score (nSPS) is 10.5. The Kier molecular flexibility index (Phi) is 7.37. The van der Waals surface area contributed by atoms with Crippen LogP contribution >= 0.6 is 0 Å². The highest BCUT2D eigenvalue weighted by Gasteiger charge is 2.07. The fourth-order valence-electron chi connectivity index (χ4n) is 2.73. The van der Waals surface area contributed by atoms with Gasteiger partial charge in [0.2, 0.25) is 0 Å². The molecule has 0 unspecified atom stereocenters. The minimum atomic E-state index is -0.351. The van der Waals surface area contributed by atoms with Gasteiger partial charge in [-0.25, -0.2) is 5.43 Å². The summed E-state index contributed by atoms with van der Waals surface area (Å²) in [6.45, 7) is 1.80. The predicted octanol–water partition coefficient (Wildman–Crippen LogP) is 3.79. The Morgan fingerprint density at radius 2 is 1.74 bits per heavy atom. The summed E-state index contributed by atoms with van der Waals surface area (Å²) in [4.78, 5) is 24.3. The summed E-state index contributed by atoms with van der Waals surface area (Å²) in [5.41, 5.74) is 5.35. The molecule has 0 aliphatic carbocycles.